The van der Waals surface area contributed by atoms with Gasteiger partial charge >= 0.3 is 0 Å². The maximum Gasteiger partial charge on any atom is 0.203 e. The maximum absolute atomic E-state index is 6.06. The summed E-state index contributed by atoms with van der Waals surface area (Å²) in [4.78, 5) is 4.45. The van der Waals surface area contributed by atoms with Crippen LogP contribution in [0.3, 0.4) is 0 Å². The largest absolute Gasteiger partial charge is 0.369 e. The lowest BCUT2D eigenvalue weighted by Gasteiger charge is -2.26. The number of fused-ring (bicyclic) bond motifs is 1. The van der Waals surface area contributed by atoms with Crippen LogP contribution in [0.1, 0.15) is 39.8 Å². The van der Waals surface area contributed by atoms with Crippen LogP contribution in [0.5, 0.6) is 0 Å². The van der Waals surface area contributed by atoms with E-state index in [0.29, 0.717) is 5.95 Å². The van der Waals surface area contributed by atoms with Crippen molar-refractivity contribution in [3.8, 4) is 0 Å². The highest BCUT2D eigenvalue weighted by atomic mass is 15.4. The van der Waals surface area contributed by atoms with Crippen molar-refractivity contribution in [3.05, 3.63) is 5.69 Å². The summed E-state index contributed by atoms with van der Waals surface area (Å²) >= 11 is 0. The molecule has 0 aliphatic carbocycles. The van der Waals surface area contributed by atoms with Gasteiger partial charge in [0.05, 0.1) is 5.69 Å². The molecule has 2 aromatic rings. The second kappa shape index (κ2) is 3.75. The summed E-state index contributed by atoms with van der Waals surface area (Å²) < 4.78 is 4.08. The highest BCUT2D eigenvalue weighted by Gasteiger charge is 2.26. The number of hydrogen-bond donors (Lipinski definition) is 1. The number of aromatic nitrogens is 4. The van der Waals surface area contributed by atoms with E-state index >= 15 is 0 Å². The van der Waals surface area contributed by atoms with Crippen LogP contribution in [0.15, 0.2) is 0 Å². The standard InChI is InChI=1S/C12H21N5/c1-6-12(4,5)17-10-9(14-11(17)13)8(3)15-16(10)7-2/h6-7H2,1-5H3,(H2,13,14). The first kappa shape index (κ1) is 12.0. The molecule has 0 atom stereocenters. The lowest BCUT2D eigenvalue weighted by atomic mass is 10.0. The van der Waals surface area contributed by atoms with Gasteiger partial charge in [-0.2, -0.15) is 5.10 Å². The Balaban J connectivity index is 2.82. The van der Waals surface area contributed by atoms with Gasteiger partial charge < -0.3 is 5.73 Å². The van der Waals surface area contributed by atoms with Crippen LogP contribution in [-0.4, -0.2) is 19.3 Å². The maximum atomic E-state index is 6.06. The number of nitrogen functional groups attached to an aromatic ring is 1. The minimum absolute atomic E-state index is 0.0434. The Morgan fingerprint density at radius 1 is 1.29 bits per heavy atom. The average Bonchev–Trinajstić information content (AvgIpc) is 2.76. The Bertz CT molecular complexity index is 547. The van der Waals surface area contributed by atoms with Crippen LogP contribution in [0.25, 0.3) is 11.2 Å². The second-order valence-electron chi connectivity index (χ2n) is 5.04. The fourth-order valence-electron chi connectivity index (χ4n) is 2.16. The van der Waals surface area contributed by atoms with Gasteiger partial charge in [-0.25, -0.2) is 9.67 Å². The van der Waals surface area contributed by atoms with Gasteiger partial charge in [0, 0.05) is 12.1 Å². The van der Waals surface area contributed by atoms with Crippen molar-refractivity contribution in [1.82, 2.24) is 19.3 Å². The van der Waals surface area contributed by atoms with E-state index in [2.05, 4.69) is 42.3 Å². The predicted octanol–water partition coefficient (Wildman–Crippen LogP) is 2.29. The molecule has 0 unspecified atom stereocenters. The molecule has 2 N–H and O–H groups in total. The quantitative estimate of drug-likeness (QED) is 0.887. The lowest BCUT2D eigenvalue weighted by Crippen LogP contribution is -2.27. The third-order valence-electron chi connectivity index (χ3n) is 3.51. The molecule has 5 nitrogen and oxygen atoms in total. The fourth-order valence-corrected chi connectivity index (χ4v) is 2.16. The van der Waals surface area contributed by atoms with Gasteiger partial charge in [0.2, 0.25) is 5.95 Å². The fraction of sp³-hybridized carbons (Fsp3) is 0.667. The van der Waals surface area contributed by atoms with Crippen molar-refractivity contribution in [3.63, 3.8) is 0 Å². The topological polar surface area (TPSA) is 61.7 Å². The summed E-state index contributed by atoms with van der Waals surface area (Å²) in [5.74, 6) is 0.578. The van der Waals surface area contributed by atoms with Crippen LogP contribution in [0, 0.1) is 6.92 Å². The Morgan fingerprint density at radius 3 is 2.47 bits per heavy atom. The van der Waals surface area contributed by atoms with Crippen molar-refractivity contribution in [2.45, 2.75) is 53.1 Å². The van der Waals surface area contributed by atoms with Crippen LogP contribution in [0.4, 0.5) is 5.95 Å². The molecule has 0 spiro atoms. The van der Waals surface area contributed by atoms with E-state index in [9.17, 15) is 0 Å². The van der Waals surface area contributed by atoms with Gasteiger partial charge in [-0.3, -0.25) is 4.57 Å². The third-order valence-corrected chi connectivity index (χ3v) is 3.51. The summed E-state index contributed by atoms with van der Waals surface area (Å²) in [7, 11) is 0. The molecule has 2 aromatic heterocycles. The molecule has 0 radical (unpaired) electrons. The predicted molar refractivity (Wildman–Crippen MR) is 70.0 cm³/mol. The average molecular weight is 235 g/mol. The van der Waals surface area contributed by atoms with E-state index in [1.165, 1.54) is 0 Å². The molecule has 0 saturated carbocycles. The van der Waals surface area contributed by atoms with E-state index in [0.717, 1.165) is 29.8 Å². The Hall–Kier alpha value is -1.52. The van der Waals surface area contributed by atoms with E-state index in [-0.39, 0.29) is 5.54 Å². The van der Waals surface area contributed by atoms with Crippen LogP contribution < -0.4 is 5.73 Å². The molecule has 94 valence electrons. The molecule has 0 amide bonds. The van der Waals surface area contributed by atoms with Crippen LogP contribution in [-0.2, 0) is 12.1 Å². The highest BCUT2D eigenvalue weighted by molar-refractivity contribution is 5.78. The SMILES string of the molecule is CCn1nc(C)c2nc(N)n(C(C)(C)CC)c21. The van der Waals surface area contributed by atoms with Crippen molar-refractivity contribution in [1.29, 1.82) is 0 Å². The molecule has 2 rings (SSSR count). The smallest absolute Gasteiger partial charge is 0.203 e. The second-order valence-corrected chi connectivity index (χ2v) is 5.04. The van der Waals surface area contributed by atoms with Crippen molar-refractivity contribution >= 4 is 17.1 Å². The molecule has 0 aliphatic heterocycles. The van der Waals surface area contributed by atoms with E-state index in [1.54, 1.807) is 0 Å². The normalized spacial score (nSPS) is 12.5. The van der Waals surface area contributed by atoms with Gasteiger partial charge in [-0.1, -0.05) is 6.92 Å². The molecule has 5 heteroatoms. The molecular weight excluding hydrogens is 214 g/mol. The number of nitrogens with zero attached hydrogens (tertiary/aromatic N) is 4. The zero-order valence-electron chi connectivity index (χ0n) is 11.3. The summed E-state index contributed by atoms with van der Waals surface area (Å²) in [5, 5.41) is 4.50. The van der Waals surface area contributed by atoms with Gasteiger partial charge in [0.25, 0.3) is 0 Å². The number of aryl methyl sites for hydroxylation is 2. The van der Waals surface area contributed by atoms with Gasteiger partial charge in [0.1, 0.15) is 5.52 Å². The van der Waals surface area contributed by atoms with Gasteiger partial charge in [-0.15, -0.1) is 0 Å². The molecule has 0 saturated heterocycles. The van der Waals surface area contributed by atoms with Crippen LogP contribution >= 0.6 is 0 Å². The number of hydrogen-bond acceptors (Lipinski definition) is 3. The van der Waals surface area contributed by atoms with E-state index in [4.69, 9.17) is 5.73 Å². The molecular formula is C12H21N5. The zero-order chi connectivity index (χ0) is 12.8. The monoisotopic (exact) mass is 235 g/mol. The van der Waals surface area contributed by atoms with E-state index < -0.39 is 0 Å². The number of anilines is 1. The third kappa shape index (κ3) is 1.61. The van der Waals surface area contributed by atoms with Crippen molar-refractivity contribution in [2.75, 3.05) is 5.73 Å². The molecule has 17 heavy (non-hydrogen) atoms. The first-order valence-corrected chi connectivity index (χ1v) is 6.14. The van der Waals surface area contributed by atoms with Crippen LogP contribution in [0.2, 0.25) is 0 Å². The van der Waals surface area contributed by atoms with Gasteiger partial charge in [-0.05, 0) is 34.1 Å². The zero-order valence-corrected chi connectivity index (χ0v) is 11.3. The Labute approximate surface area is 102 Å². The summed E-state index contributed by atoms with van der Waals surface area (Å²) in [6, 6.07) is 0. The molecule has 0 bridgehead atoms. The summed E-state index contributed by atoms with van der Waals surface area (Å²) in [6.07, 6.45) is 0.997. The highest BCUT2D eigenvalue weighted by Crippen LogP contribution is 2.30. The Morgan fingerprint density at radius 2 is 1.94 bits per heavy atom. The molecule has 2 heterocycles. The number of imidazole rings is 1. The first-order chi connectivity index (χ1) is 7.92. The lowest BCUT2D eigenvalue weighted by molar-refractivity contribution is 0.351. The molecule has 0 aliphatic rings. The molecule has 0 fully saturated rings. The van der Waals surface area contributed by atoms with Crippen molar-refractivity contribution in [2.24, 2.45) is 0 Å². The first-order valence-electron chi connectivity index (χ1n) is 6.14. The van der Waals surface area contributed by atoms with Gasteiger partial charge in [0.15, 0.2) is 5.65 Å². The number of nitrogens with two attached hydrogens (primary N) is 1. The van der Waals surface area contributed by atoms with Crippen molar-refractivity contribution < 1.29 is 0 Å². The minimum atomic E-state index is -0.0434. The van der Waals surface area contributed by atoms with E-state index in [1.807, 2.05) is 11.6 Å². The molecule has 0 aromatic carbocycles. The summed E-state index contributed by atoms with van der Waals surface area (Å²) in [5.41, 5.74) is 8.92. The number of rotatable bonds is 3. The summed E-state index contributed by atoms with van der Waals surface area (Å²) in [6.45, 7) is 11.4. The Kier molecular flexibility index (Phi) is 2.64. The minimum Gasteiger partial charge on any atom is -0.369 e.